The summed E-state index contributed by atoms with van der Waals surface area (Å²) in [5.74, 6) is 0.685. The number of nitrogens with zero attached hydrogens (tertiary/aromatic N) is 3. The monoisotopic (exact) mass is 719 g/mol. The molecule has 256 valence electrons. The Morgan fingerprint density at radius 2 is 1.16 bits per heavy atom. The number of benzene rings is 8. The Labute approximate surface area is 319 Å². The predicted octanol–water partition coefficient (Wildman–Crippen LogP) is 14.0. The fourth-order valence-corrected chi connectivity index (χ4v) is 9.78. The molecule has 12 rings (SSSR count). The molecule has 0 radical (unpaired) electrons. The van der Waals surface area contributed by atoms with Crippen LogP contribution in [0.1, 0.15) is 0 Å². The van der Waals surface area contributed by atoms with Gasteiger partial charge in [0.15, 0.2) is 11.4 Å². The Hall–Kier alpha value is -7.08. The summed E-state index contributed by atoms with van der Waals surface area (Å²) in [5.41, 5.74) is 11.3. The van der Waals surface area contributed by atoms with Crippen molar-refractivity contribution < 1.29 is 4.42 Å². The fraction of sp³-hybridized carbons (Fsp3) is 0. The molecule has 0 aliphatic rings. The first-order chi connectivity index (χ1) is 27.3. The van der Waals surface area contributed by atoms with E-state index in [1.54, 1.807) is 11.3 Å². The molecule has 0 saturated heterocycles. The number of furan rings is 1. The third-order valence-electron chi connectivity index (χ3n) is 11.0. The SMILES string of the molecule is c1ccc(-c2cc3c4ccccc4n(-c4cccc5c4oc4cccc(-c6nc(-c7ccccc7)c7sc8ccccc8c7n6)c45)c3c3ccccc23)cc1. The summed E-state index contributed by atoms with van der Waals surface area (Å²) >= 11 is 1.75. The number of fused-ring (bicyclic) bond motifs is 11. The number of para-hydroxylation sites is 2. The van der Waals surface area contributed by atoms with E-state index in [0.29, 0.717) is 5.82 Å². The van der Waals surface area contributed by atoms with Crippen molar-refractivity contribution in [2.75, 3.05) is 0 Å². The zero-order valence-electron chi connectivity index (χ0n) is 29.4. The minimum atomic E-state index is 0.685. The molecule has 0 saturated carbocycles. The van der Waals surface area contributed by atoms with Gasteiger partial charge in [-0.1, -0.05) is 146 Å². The van der Waals surface area contributed by atoms with E-state index in [1.807, 2.05) is 6.07 Å². The Kier molecular flexibility index (Phi) is 6.47. The molecule has 0 bridgehead atoms. The van der Waals surface area contributed by atoms with Gasteiger partial charge in [0.2, 0.25) is 0 Å². The largest absolute Gasteiger partial charge is 0.454 e. The summed E-state index contributed by atoms with van der Waals surface area (Å²) in [6.45, 7) is 0. The highest BCUT2D eigenvalue weighted by Crippen LogP contribution is 2.45. The number of aromatic nitrogens is 3. The van der Waals surface area contributed by atoms with Crippen LogP contribution in [0, 0.1) is 0 Å². The van der Waals surface area contributed by atoms with Gasteiger partial charge in [0.25, 0.3) is 0 Å². The van der Waals surface area contributed by atoms with E-state index < -0.39 is 0 Å². The summed E-state index contributed by atoms with van der Waals surface area (Å²) in [6.07, 6.45) is 0. The zero-order chi connectivity index (χ0) is 36.0. The normalized spacial score (nSPS) is 12.0. The highest BCUT2D eigenvalue weighted by Gasteiger charge is 2.23. The molecule has 0 spiro atoms. The summed E-state index contributed by atoms with van der Waals surface area (Å²) in [4.78, 5) is 10.7. The number of rotatable bonds is 4. The molecule has 4 heterocycles. The minimum Gasteiger partial charge on any atom is -0.454 e. The van der Waals surface area contributed by atoms with Gasteiger partial charge in [-0.3, -0.25) is 0 Å². The molecule has 0 aliphatic carbocycles. The molecule has 0 fully saturated rings. The number of thiophene rings is 1. The fourth-order valence-electron chi connectivity index (χ4n) is 8.63. The second kappa shape index (κ2) is 11.7. The van der Waals surface area contributed by atoms with Crippen molar-refractivity contribution in [2.45, 2.75) is 0 Å². The lowest BCUT2D eigenvalue weighted by molar-refractivity contribution is 0.666. The maximum atomic E-state index is 6.96. The Bertz CT molecular complexity index is 3490. The molecule has 4 nitrogen and oxygen atoms in total. The van der Waals surface area contributed by atoms with E-state index in [-0.39, 0.29) is 0 Å². The summed E-state index contributed by atoms with van der Waals surface area (Å²) in [7, 11) is 0. The third-order valence-corrected chi connectivity index (χ3v) is 12.2. The van der Waals surface area contributed by atoms with Gasteiger partial charge < -0.3 is 8.98 Å². The maximum absolute atomic E-state index is 6.96. The van der Waals surface area contributed by atoms with Gasteiger partial charge in [0.1, 0.15) is 5.58 Å². The van der Waals surface area contributed by atoms with Crippen molar-refractivity contribution in [1.29, 1.82) is 0 Å². The molecule has 0 amide bonds. The topological polar surface area (TPSA) is 43.9 Å². The van der Waals surface area contributed by atoms with Crippen molar-refractivity contribution in [1.82, 2.24) is 14.5 Å². The first-order valence-corrected chi connectivity index (χ1v) is 19.3. The summed E-state index contributed by atoms with van der Waals surface area (Å²) < 4.78 is 11.7. The van der Waals surface area contributed by atoms with Crippen LogP contribution in [0.15, 0.2) is 180 Å². The molecule has 55 heavy (non-hydrogen) atoms. The van der Waals surface area contributed by atoms with Gasteiger partial charge in [-0.05, 0) is 46.8 Å². The Morgan fingerprint density at radius 3 is 2.00 bits per heavy atom. The van der Waals surface area contributed by atoms with Gasteiger partial charge in [-0.15, -0.1) is 11.3 Å². The van der Waals surface area contributed by atoms with E-state index in [2.05, 4.69) is 174 Å². The smallest absolute Gasteiger partial charge is 0.161 e. The lowest BCUT2D eigenvalue weighted by Crippen LogP contribution is -1.96. The van der Waals surface area contributed by atoms with E-state index >= 15 is 0 Å². The van der Waals surface area contributed by atoms with Gasteiger partial charge in [-0.2, -0.15) is 0 Å². The Balaban J connectivity index is 1.16. The molecule has 12 aromatic rings. The van der Waals surface area contributed by atoms with Gasteiger partial charge in [-0.25, -0.2) is 9.97 Å². The summed E-state index contributed by atoms with van der Waals surface area (Å²) in [5, 5.41) is 8.00. The van der Waals surface area contributed by atoms with Crippen LogP contribution in [0.3, 0.4) is 0 Å². The molecule has 5 heteroatoms. The Morgan fingerprint density at radius 1 is 0.491 bits per heavy atom. The van der Waals surface area contributed by atoms with Gasteiger partial charge in [0.05, 0.1) is 32.6 Å². The lowest BCUT2D eigenvalue weighted by Gasteiger charge is -2.13. The first-order valence-electron chi connectivity index (χ1n) is 18.5. The molecule has 4 aromatic heterocycles. The molecular formula is C50H29N3OS. The molecule has 8 aromatic carbocycles. The van der Waals surface area contributed by atoms with Crippen molar-refractivity contribution in [3.63, 3.8) is 0 Å². The highest BCUT2D eigenvalue weighted by atomic mass is 32.1. The van der Waals surface area contributed by atoms with Crippen LogP contribution in [0.4, 0.5) is 0 Å². The molecule has 0 aliphatic heterocycles. The molecular weight excluding hydrogens is 691 g/mol. The van der Waals surface area contributed by atoms with Crippen LogP contribution in [-0.4, -0.2) is 14.5 Å². The zero-order valence-corrected chi connectivity index (χ0v) is 30.2. The number of hydrogen-bond acceptors (Lipinski definition) is 4. The lowest BCUT2D eigenvalue weighted by atomic mass is 9.95. The average Bonchev–Trinajstić information content (AvgIpc) is 3.93. The minimum absolute atomic E-state index is 0.685. The predicted molar refractivity (Wildman–Crippen MR) is 230 cm³/mol. The van der Waals surface area contributed by atoms with Crippen LogP contribution < -0.4 is 0 Å². The quantitative estimate of drug-likeness (QED) is 0.182. The van der Waals surface area contributed by atoms with E-state index in [0.717, 1.165) is 71.1 Å². The molecule has 0 N–H and O–H groups in total. The van der Waals surface area contributed by atoms with Gasteiger partial charge >= 0.3 is 0 Å². The number of hydrogen-bond donors (Lipinski definition) is 0. The second-order valence-corrected chi connectivity index (χ2v) is 15.1. The van der Waals surface area contributed by atoms with Crippen LogP contribution in [0.5, 0.6) is 0 Å². The van der Waals surface area contributed by atoms with Crippen molar-refractivity contribution in [3.05, 3.63) is 176 Å². The van der Waals surface area contributed by atoms with Gasteiger partial charge in [0, 0.05) is 48.1 Å². The van der Waals surface area contributed by atoms with Crippen molar-refractivity contribution in [3.8, 4) is 39.5 Å². The first kappa shape index (κ1) is 30.4. The highest BCUT2D eigenvalue weighted by molar-refractivity contribution is 7.26. The second-order valence-electron chi connectivity index (χ2n) is 14.1. The van der Waals surface area contributed by atoms with E-state index in [9.17, 15) is 0 Å². The van der Waals surface area contributed by atoms with E-state index in [1.165, 1.54) is 37.4 Å². The third kappa shape index (κ3) is 4.45. The van der Waals surface area contributed by atoms with E-state index in [4.69, 9.17) is 14.4 Å². The molecule has 0 atom stereocenters. The van der Waals surface area contributed by atoms with Crippen molar-refractivity contribution in [2.24, 2.45) is 0 Å². The standard InChI is InChI=1S/C50H29N3OS/c1-3-15-30(16-4-1)38-29-39-33-20-9-11-25-40(33)53(47(39)34-21-8-7-19-32(34)38)41-26-13-23-36-44-37(24-14-27-42(44)54-48(36)41)50-51-45(31-17-5-2-6-18-31)49-46(52-50)35-22-10-12-28-43(35)55-49/h1-29H. The molecule has 0 unspecified atom stereocenters. The summed E-state index contributed by atoms with van der Waals surface area (Å²) in [6, 6.07) is 62.3. The van der Waals surface area contributed by atoms with Crippen LogP contribution in [-0.2, 0) is 0 Å². The van der Waals surface area contributed by atoms with Crippen LogP contribution in [0.25, 0.3) is 114 Å². The van der Waals surface area contributed by atoms with Crippen LogP contribution in [0.2, 0.25) is 0 Å². The van der Waals surface area contributed by atoms with Crippen molar-refractivity contribution >= 4 is 86.2 Å². The average molecular weight is 720 g/mol. The maximum Gasteiger partial charge on any atom is 0.161 e. The van der Waals surface area contributed by atoms with Crippen LogP contribution >= 0.6 is 11.3 Å².